The van der Waals surface area contributed by atoms with Gasteiger partial charge in [-0.15, -0.1) is 0 Å². The van der Waals surface area contributed by atoms with Gasteiger partial charge in [0.05, 0.1) is 19.8 Å². The Morgan fingerprint density at radius 3 is 2.87 bits per heavy atom. The van der Waals surface area contributed by atoms with Crippen molar-refractivity contribution in [3.8, 4) is 0 Å². The molecule has 0 N–H and O–H groups in total. The van der Waals surface area contributed by atoms with Crippen LogP contribution in [0.5, 0.6) is 0 Å². The van der Waals surface area contributed by atoms with E-state index < -0.39 is 0 Å². The van der Waals surface area contributed by atoms with E-state index in [4.69, 9.17) is 21.7 Å². The quantitative estimate of drug-likeness (QED) is 0.328. The first-order valence-electron chi connectivity index (χ1n) is 5.17. The predicted octanol–water partition coefficient (Wildman–Crippen LogP) is 2.72. The number of hydrogen-bond donors (Lipinski definition) is 0. The fourth-order valence-electron chi connectivity index (χ4n) is 1.03. The minimum atomic E-state index is 0.639. The van der Waals surface area contributed by atoms with Crippen molar-refractivity contribution < 1.29 is 9.47 Å². The predicted molar refractivity (Wildman–Crippen MR) is 71.0 cm³/mol. The third-order valence-corrected chi connectivity index (χ3v) is 4.80. The van der Waals surface area contributed by atoms with E-state index in [2.05, 4.69) is 11.2 Å². The molecular weight excluding hydrogens is 250 g/mol. The van der Waals surface area contributed by atoms with Crippen LogP contribution in [0.1, 0.15) is 19.8 Å². The van der Waals surface area contributed by atoms with Crippen LogP contribution in [0, 0.1) is 0 Å². The first-order chi connectivity index (χ1) is 7.33. The van der Waals surface area contributed by atoms with E-state index in [0.29, 0.717) is 4.38 Å². The Labute approximate surface area is 105 Å². The number of ether oxygens (including phenoxy) is 2. The normalized spacial score (nSPS) is 17.7. The maximum Gasteiger partial charge on any atom is 0.232 e. The minimum absolute atomic E-state index is 0.639. The molecule has 1 saturated heterocycles. The SMILES string of the molecule is CCCCOC(=S)SSN1CCOCC1. The highest BCUT2D eigenvalue weighted by atomic mass is 33.1. The van der Waals surface area contributed by atoms with Crippen LogP contribution in [0.4, 0.5) is 0 Å². The molecule has 0 atom stereocenters. The Balaban J connectivity index is 2.00. The largest absolute Gasteiger partial charge is 0.478 e. The van der Waals surface area contributed by atoms with Crippen molar-refractivity contribution in [2.24, 2.45) is 0 Å². The number of unbranched alkanes of at least 4 members (excludes halogenated alkanes) is 1. The lowest BCUT2D eigenvalue weighted by Crippen LogP contribution is -2.30. The Morgan fingerprint density at radius 2 is 2.20 bits per heavy atom. The van der Waals surface area contributed by atoms with E-state index >= 15 is 0 Å². The van der Waals surface area contributed by atoms with E-state index in [1.807, 2.05) is 0 Å². The van der Waals surface area contributed by atoms with Gasteiger partial charge in [-0.3, -0.25) is 0 Å². The number of hydrogen-bond acceptors (Lipinski definition) is 6. The van der Waals surface area contributed by atoms with Gasteiger partial charge in [0.15, 0.2) is 0 Å². The van der Waals surface area contributed by atoms with Gasteiger partial charge in [-0.1, -0.05) is 13.3 Å². The van der Waals surface area contributed by atoms with Crippen LogP contribution in [0.25, 0.3) is 0 Å². The average molecular weight is 267 g/mol. The molecule has 6 heteroatoms. The molecule has 3 nitrogen and oxygen atoms in total. The lowest BCUT2D eigenvalue weighted by Gasteiger charge is -2.24. The standard InChI is InChI=1S/C9H17NO2S3/c1-2-3-6-12-9(13)14-15-10-4-7-11-8-5-10/h2-8H2,1H3. The summed E-state index contributed by atoms with van der Waals surface area (Å²) in [4.78, 5) is 0. The van der Waals surface area contributed by atoms with Gasteiger partial charge in [-0.2, -0.15) is 0 Å². The zero-order valence-corrected chi connectivity index (χ0v) is 11.4. The summed E-state index contributed by atoms with van der Waals surface area (Å²) in [5.74, 6) is 0. The zero-order chi connectivity index (χ0) is 10.9. The molecule has 1 aliphatic heterocycles. The van der Waals surface area contributed by atoms with Crippen LogP contribution in [0.15, 0.2) is 0 Å². The van der Waals surface area contributed by atoms with E-state index in [1.165, 1.54) is 10.8 Å². The second kappa shape index (κ2) is 8.64. The van der Waals surface area contributed by atoms with E-state index in [-0.39, 0.29) is 0 Å². The second-order valence-corrected chi connectivity index (χ2v) is 5.93. The van der Waals surface area contributed by atoms with Crippen LogP contribution in [0.2, 0.25) is 0 Å². The van der Waals surface area contributed by atoms with Crippen LogP contribution in [-0.2, 0) is 9.47 Å². The maximum atomic E-state index is 5.39. The number of nitrogens with zero attached hydrogens (tertiary/aromatic N) is 1. The molecule has 0 bridgehead atoms. The van der Waals surface area contributed by atoms with Gasteiger partial charge in [0.25, 0.3) is 0 Å². The molecule has 0 aromatic carbocycles. The molecular formula is C9H17NO2S3. The van der Waals surface area contributed by atoms with Crippen LogP contribution >= 0.6 is 34.0 Å². The van der Waals surface area contributed by atoms with Crippen molar-refractivity contribution in [3.05, 3.63) is 0 Å². The molecule has 1 aliphatic rings. The van der Waals surface area contributed by atoms with Crippen LogP contribution < -0.4 is 0 Å². The molecule has 0 aromatic rings. The van der Waals surface area contributed by atoms with Gasteiger partial charge in [0.2, 0.25) is 4.38 Å². The Kier molecular flexibility index (Phi) is 7.82. The highest BCUT2D eigenvalue weighted by Gasteiger charge is 2.12. The zero-order valence-electron chi connectivity index (χ0n) is 8.94. The third kappa shape index (κ3) is 6.63. The van der Waals surface area contributed by atoms with Gasteiger partial charge in [0, 0.05) is 34.9 Å². The molecule has 0 aromatic heterocycles. The molecule has 1 rings (SSSR count). The van der Waals surface area contributed by atoms with Gasteiger partial charge < -0.3 is 9.47 Å². The maximum absolute atomic E-state index is 5.39. The van der Waals surface area contributed by atoms with Crippen molar-refractivity contribution in [1.29, 1.82) is 0 Å². The van der Waals surface area contributed by atoms with Gasteiger partial charge in [-0.25, -0.2) is 4.31 Å². The lowest BCUT2D eigenvalue weighted by molar-refractivity contribution is 0.0779. The Morgan fingerprint density at radius 1 is 1.47 bits per heavy atom. The van der Waals surface area contributed by atoms with E-state index in [1.54, 1.807) is 11.0 Å². The molecule has 1 fully saturated rings. The average Bonchev–Trinajstić information content (AvgIpc) is 2.28. The van der Waals surface area contributed by atoms with Crippen molar-refractivity contribution >= 4 is 38.4 Å². The number of rotatable bonds is 5. The molecule has 0 amide bonds. The second-order valence-electron chi connectivity index (χ2n) is 3.15. The molecule has 0 saturated carbocycles. The third-order valence-electron chi connectivity index (χ3n) is 1.90. The van der Waals surface area contributed by atoms with Gasteiger partial charge in [-0.05, 0) is 18.6 Å². The molecule has 0 aliphatic carbocycles. The highest BCUT2D eigenvalue weighted by molar-refractivity contribution is 8.82. The molecule has 15 heavy (non-hydrogen) atoms. The van der Waals surface area contributed by atoms with Crippen LogP contribution in [-0.4, -0.2) is 41.6 Å². The van der Waals surface area contributed by atoms with E-state index in [9.17, 15) is 0 Å². The van der Waals surface area contributed by atoms with Crippen LogP contribution in [0.3, 0.4) is 0 Å². The summed E-state index contributed by atoms with van der Waals surface area (Å²) in [7, 11) is 3.20. The number of morpholine rings is 1. The minimum Gasteiger partial charge on any atom is -0.478 e. The summed E-state index contributed by atoms with van der Waals surface area (Å²) in [6.45, 7) is 6.45. The first-order valence-corrected chi connectivity index (χ1v) is 7.68. The van der Waals surface area contributed by atoms with Crippen molar-refractivity contribution in [2.45, 2.75) is 19.8 Å². The fourth-order valence-corrected chi connectivity index (χ4v) is 3.07. The summed E-state index contributed by atoms with van der Waals surface area (Å²) < 4.78 is 13.5. The summed E-state index contributed by atoms with van der Waals surface area (Å²) in [5, 5.41) is 0. The van der Waals surface area contributed by atoms with Crippen molar-refractivity contribution in [2.75, 3.05) is 32.9 Å². The summed E-state index contributed by atoms with van der Waals surface area (Å²) in [5.41, 5.74) is 0. The Bertz CT molecular complexity index is 186. The molecule has 1 heterocycles. The lowest BCUT2D eigenvalue weighted by atomic mass is 10.4. The van der Waals surface area contributed by atoms with Gasteiger partial charge in [0.1, 0.15) is 0 Å². The summed E-state index contributed by atoms with van der Waals surface area (Å²) >= 11 is 5.10. The summed E-state index contributed by atoms with van der Waals surface area (Å²) in [6, 6.07) is 0. The fraction of sp³-hybridized carbons (Fsp3) is 0.889. The molecule has 0 spiro atoms. The first kappa shape index (κ1) is 13.6. The van der Waals surface area contributed by atoms with Gasteiger partial charge >= 0.3 is 0 Å². The smallest absolute Gasteiger partial charge is 0.232 e. The van der Waals surface area contributed by atoms with Crippen molar-refractivity contribution in [3.63, 3.8) is 0 Å². The molecule has 0 radical (unpaired) electrons. The molecule has 0 unspecified atom stereocenters. The Hall–Kier alpha value is 0.510. The number of thiocarbonyl (C=S) groups is 1. The monoisotopic (exact) mass is 267 g/mol. The molecule has 88 valence electrons. The highest BCUT2D eigenvalue weighted by Crippen LogP contribution is 2.28. The van der Waals surface area contributed by atoms with Crippen molar-refractivity contribution in [1.82, 2.24) is 4.31 Å². The van der Waals surface area contributed by atoms with E-state index in [0.717, 1.165) is 45.8 Å². The summed E-state index contributed by atoms with van der Waals surface area (Å²) in [6.07, 6.45) is 2.22. The topological polar surface area (TPSA) is 21.7 Å².